The fourth-order valence-electron chi connectivity index (χ4n) is 2.84. The number of carboxylic acids is 1. The number of carbonyl (C=O) groups is 2. The number of carboxylic acid groups (broad SMARTS) is 1. The van der Waals surface area contributed by atoms with Gasteiger partial charge in [0.2, 0.25) is 0 Å². The van der Waals surface area contributed by atoms with Crippen LogP contribution in [0.25, 0.3) is 0 Å². The van der Waals surface area contributed by atoms with Gasteiger partial charge in [-0.05, 0) is 24.7 Å². The van der Waals surface area contributed by atoms with Gasteiger partial charge in [-0.3, -0.25) is 0 Å². The van der Waals surface area contributed by atoms with E-state index in [1.54, 1.807) is 11.9 Å². The van der Waals surface area contributed by atoms with Crippen LogP contribution in [0.15, 0.2) is 0 Å². The Bertz CT molecular complexity index is 346. The molecule has 0 heterocycles. The van der Waals surface area contributed by atoms with Crippen molar-refractivity contribution >= 4 is 12.0 Å². The monoisotopic (exact) mass is 284 g/mol. The minimum absolute atomic E-state index is 0.0740. The number of rotatable bonds is 5. The molecular formula is C15H28N2O3. The Morgan fingerprint density at radius 1 is 1.40 bits per heavy atom. The zero-order chi connectivity index (χ0) is 15.3. The van der Waals surface area contributed by atoms with Crippen LogP contribution in [0.5, 0.6) is 0 Å². The van der Waals surface area contributed by atoms with Crippen molar-refractivity contribution in [2.75, 3.05) is 7.05 Å². The second-order valence-electron chi connectivity index (χ2n) is 6.19. The second-order valence-corrected chi connectivity index (χ2v) is 6.19. The van der Waals surface area contributed by atoms with Crippen molar-refractivity contribution in [2.45, 2.75) is 65.0 Å². The molecule has 0 aromatic heterocycles. The Morgan fingerprint density at radius 3 is 2.55 bits per heavy atom. The highest BCUT2D eigenvalue weighted by atomic mass is 16.4. The van der Waals surface area contributed by atoms with Crippen LogP contribution < -0.4 is 5.32 Å². The third-order valence-electron chi connectivity index (χ3n) is 4.53. The Balaban J connectivity index is 2.61. The van der Waals surface area contributed by atoms with E-state index in [-0.39, 0.29) is 18.0 Å². The van der Waals surface area contributed by atoms with Gasteiger partial charge in [0.05, 0.1) is 0 Å². The molecule has 5 heteroatoms. The molecule has 2 N–H and O–H groups in total. The molecule has 0 aromatic carbocycles. The molecule has 0 aliphatic heterocycles. The van der Waals surface area contributed by atoms with Gasteiger partial charge in [-0.2, -0.15) is 0 Å². The summed E-state index contributed by atoms with van der Waals surface area (Å²) in [6, 6.07) is -0.849. The molecule has 0 aromatic rings. The van der Waals surface area contributed by atoms with Crippen LogP contribution in [-0.4, -0.2) is 41.1 Å². The predicted molar refractivity (Wildman–Crippen MR) is 78.6 cm³/mol. The molecule has 1 aliphatic rings. The van der Waals surface area contributed by atoms with Crippen molar-refractivity contribution in [3.05, 3.63) is 0 Å². The Labute approximate surface area is 121 Å². The van der Waals surface area contributed by atoms with E-state index in [4.69, 9.17) is 0 Å². The van der Waals surface area contributed by atoms with Crippen molar-refractivity contribution < 1.29 is 14.7 Å². The molecule has 4 unspecified atom stereocenters. The Kier molecular flexibility index (Phi) is 6.30. The van der Waals surface area contributed by atoms with E-state index in [1.165, 1.54) is 6.42 Å². The molecule has 2 amide bonds. The average molecular weight is 284 g/mol. The van der Waals surface area contributed by atoms with Crippen LogP contribution >= 0.6 is 0 Å². The largest absolute Gasteiger partial charge is 0.480 e. The maximum absolute atomic E-state index is 12.2. The van der Waals surface area contributed by atoms with Gasteiger partial charge in [-0.15, -0.1) is 0 Å². The van der Waals surface area contributed by atoms with Crippen molar-refractivity contribution in [2.24, 2.45) is 11.8 Å². The Hall–Kier alpha value is -1.26. The third kappa shape index (κ3) is 4.39. The summed E-state index contributed by atoms with van der Waals surface area (Å²) >= 11 is 0. The van der Waals surface area contributed by atoms with E-state index in [2.05, 4.69) is 12.2 Å². The number of nitrogens with zero attached hydrogens (tertiary/aromatic N) is 1. The fraction of sp³-hybridized carbons (Fsp3) is 0.867. The van der Waals surface area contributed by atoms with E-state index < -0.39 is 12.0 Å². The standard InChI is InChI=1S/C15H28N2O3/c1-5-11(3)13(14(18)19)16-15(20)17(4)12-8-6-7-10(2)9-12/h10-13H,5-9H2,1-4H3,(H,16,20)(H,18,19). The predicted octanol–water partition coefficient (Wildman–Crippen LogP) is 2.71. The fourth-order valence-corrected chi connectivity index (χ4v) is 2.84. The van der Waals surface area contributed by atoms with E-state index in [9.17, 15) is 14.7 Å². The second kappa shape index (κ2) is 7.50. The van der Waals surface area contributed by atoms with Crippen LogP contribution in [0.2, 0.25) is 0 Å². The number of hydrogen-bond acceptors (Lipinski definition) is 2. The molecule has 1 saturated carbocycles. The smallest absolute Gasteiger partial charge is 0.326 e. The molecule has 1 aliphatic carbocycles. The topological polar surface area (TPSA) is 69.6 Å². The molecule has 1 fully saturated rings. The molecular weight excluding hydrogens is 256 g/mol. The lowest BCUT2D eigenvalue weighted by molar-refractivity contribution is -0.140. The summed E-state index contributed by atoms with van der Waals surface area (Å²) in [6.07, 6.45) is 5.09. The minimum Gasteiger partial charge on any atom is -0.480 e. The van der Waals surface area contributed by atoms with E-state index in [1.807, 2.05) is 13.8 Å². The normalized spacial score (nSPS) is 25.6. The van der Waals surface area contributed by atoms with Crippen LogP contribution in [0.1, 0.15) is 52.9 Å². The van der Waals surface area contributed by atoms with Gasteiger partial charge < -0.3 is 15.3 Å². The number of nitrogens with one attached hydrogen (secondary N) is 1. The Morgan fingerprint density at radius 2 is 2.05 bits per heavy atom. The zero-order valence-electron chi connectivity index (χ0n) is 13.1. The van der Waals surface area contributed by atoms with Gasteiger partial charge in [0.15, 0.2) is 0 Å². The van der Waals surface area contributed by atoms with Crippen LogP contribution in [0.4, 0.5) is 4.79 Å². The summed E-state index contributed by atoms with van der Waals surface area (Å²) < 4.78 is 0. The summed E-state index contributed by atoms with van der Waals surface area (Å²) in [5.74, 6) is -0.401. The lowest BCUT2D eigenvalue weighted by Gasteiger charge is -2.35. The highest BCUT2D eigenvalue weighted by molar-refractivity contribution is 5.82. The van der Waals surface area contributed by atoms with Gasteiger partial charge in [0.1, 0.15) is 6.04 Å². The number of hydrogen-bond donors (Lipinski definition) is 2. The minimum atomic E-state index is -0.960. The van der Waals surface area contributed by atoms with E-state index >= 15 is 0 Å². The van der Waals surface area contributed by atoms with Gasteiger partial charge >= 0.3 is 12.0 Å². The first kappa shape index (κ1) is 16.8. The first-order valence-corrected chi connectivity index (χ1v) is 7.62. The zero-order valence-corrected chi connectivity index (χ0v) is 13.1. The molecule has 0 spiro atoms. The number of urea groups is 1. The summed E-state index contributed by atoms with van der Waals surface area (Å²) in [5.41, 5.74) is 0. The summed E-state index contributed by atoms with van der Waals surface area (Å²) in [7, 11) is 1.77. The molecule has 0 saturated heterocycles. The van der Waals surface area contributed by atoms with Crippen LogP contribution in [-0.2, 0) is 4.79 Å². The highest BCUT2D eigenvalue weighted by Crippen LogP contribution is 2.26. The molecule has 116 valence electrons. The molecule has 5 nitrogen and oxygen atoms in total. The molecule has 0 radical (unpaired) electrons. The third-order valence-corrected chi connectivity index (χ3v) is 4.53. The lowest BCUT2D eigenvalue weighted by atomic mass is 9.86. The summed E-state index contributed by atoms with van der Waals surface area (Å²) in [4.78, 5) is 25.2. The van der Waals surface area contributed by atoms with Crippen molar-refractivity contribution in [3.8, 4) is 0 Å². The number of carbonyl (C=O) groups excluding carboxylic acids is 1. The van der Waals surface area contributed by atoms with E-state index in [0.29, 0.717) is 5.92 Å². The van der Waals surface area contributed by atoms with Crippen LogP contribution in [0.3, 0.4) is 0 Å². The first-order valence-electron chi connectivity index (χ1n) is 7.62. The number of amides is 2. The van der Waals surface area contributed by atoms with Gasteiger partial charge in [-0.1, -0.05) is 40.0 Å². The van der Waals surface area contributed by atoms with Gasteiger partial charge in [-0.25, -0.2) is 9.59 Å². The first-order chi connectivity index (χ1) is 9.36. The van der Waals surface area contributed by atoms with Crippen molar-refractivity contribution in [3.63, 3.8) is 0 Å². The average Bonchev–Trinajstić information content (AvgIpc) is 2.42. The maximum Gasteiger partial charge on any atom is 0.326 e. The molecule has 1 rings (SSSR count). The van der Waals surface area contributed by atoms with Gasteiger partial charge in [0.25, 0.3) is 0 Å². The van der Waals surface area contributed by atoms with Gasteiger partial charge in [0, 0.05) is 13.1 Å². The quantitative estimate of drug-likeness (QED) is 0.815. The summed E-state index contributed by atoms with van der Waals surface area (Å²) in [6.45, 7) is 5.98. The van der Waals surface area contributed by atoms with Crippen molar-refractivity contribution in [1.82, 2.24) is 10.2 Å². The SMILES string of the molecule is CCC(C)C(NC(=O)N(C)C1CCCC(C)C1)C(=O)O. The van der Waals surface area contributed by atoms with E-state index in [0.717, 1.165) is 25.7 Å². The highest BCUT2D eigenvalue weighted by Gasteiger charge is 2.30. The molecule has 4 atom stereocenters. The molecule has 20 heavy (non-hydrogen) atoms. The number of aliphatic carboxylic acids is 1. The maximum atomic E-state index is 12.2. The molecule has 0 bridgehead atoms. The lowest BCUT2D eigenvalue weighted by Crippen LogP contribution is -2.52. The summed E-state index contributed by atoms with van der Waals surface area (Å²) in [5, 5.41) is 11.9. The van der Waals surface area contributed by atoms with Crippen LogP contribution in [0, 0.1) is 11.8 Å². The van der Waals surface area contributed by atoms with Crippen molar-refractivity contribution in [1.29, 1.82) is 0 Å².